The van der Waals surface area contributed by atoms with Crippen molar-refractivity contribution in [3.05, 3.63) is 156 Å². The van der Waals surface area contributed by atoms with Gasteiger partial charge in [-0.05, 0) is 66.1 Å². The zero-order chi connectivity index (χ0) is 31.3. The summed E-state index contributed by atoms with van der Waals surface area (Å²) in [6.45, 7) is 2.35. The first kappa shape index (κ1) is 30.1. The fourth-order valence-electron chi connectivity index (χ4n) is 5.10. The van der Waals surface area contributed by atoms with Gasteiger partial charge in [0.2, 0.25) is 0 Å². The van der Waals surface area contributed by atoms with E-state index in [-0.39, 0.29) is 12.2 Å². The monoisotopic (exact) mass is 636 g/mol. The molecule has 7 nitrogen and oxygen atoms in total. The zero-order valence-corrected chi connectivity index (χ0v) is 26.2. The van der Waals surface area contributed by atoms with Crippen LogP contribution in [0.5, 0.6) is 11.5 Å². The van der Waals surface area contributed by atoms with Gasteiger partial charge in [-0.25, -0.2) is 9.79 Å². The summed E-state index contributed by atoms with van der Waals surface area (Å²) in [6, 6.07) is 31.1. The third-order valence-electron chi connectivity index (χ3n) is 7.30. The molecule has 0 bridgehead atoms. The molecular formula is C36H29ClN2O5S. The quantitative estimate of drug-likeness (QED) is 0.181. The van der Waals surface area contributed by atoms with Crippen LogP contribution in [-0.4, -0.2) is 24.3 Å². The molecule has 4 aromatic carbocycles. The average molecular weight is 637 g/mol. The summed E-state index contributed by atoms with van der Waals surface area (Å²) < 4.78 is 18.9. The maximum absolute atomic E-state index is 14.1. The molecule has 0 amide bonds. The third-order valence-corrected chi connectivity index (χ3v) is 8.54. The second-order valence-corrected chi connectivity index (χ2v) is 11.6. The average Bonchev–Trinajstić information content (AvgIpc) is 3.38. The van der Waals surface area contributed by atoms with Crippen LogP contribution in [0.25, 0.3) is 11.8 Å². The van der Waals surface area contributed by atoms with Gasteiger partial charge in [-0.1, -0.05) is 89.7 Å². The highest BCUT2D eigenvalue weighted by Gasteiger charge is 2.35. The van der Waals surface area contributed by atoms with Gasteiger partial charge in [0.15, 0.2) is 4.80 Å². The van der Waals surface area contributed by atoms with Crippen LogP contribution in [0.2, 0.25) is 5.02 Å². The van der Waals surface area contributed by atoms with Crippen LogP contribution in [0, 0.1) is 0 Å². The molecule has 0 N–H and O–H groups in total. The van der Waals surface area contributed by atoms with Crippen molar-refractivity contribution in [2.75, 3.05) is 13.7 Å². The third kappa shape index (κ3) is 6.48. The number of carbonyl (C=O) groups excluding carboxylic acids is 1. The van der Waals surface area contributed by atoms with Crippen molar-refractivity contribution in [1.29, 1.82) is 0 Å². The molecule has 1 aliphatic heterocycles. The zero-order valence-electron chi connectivity index (χ0n) is 24.6. The second kappa shape index (κ2) is 13.4. The number of thiazole rings is 1. The van der Waals surface area contributed by atoms with Gasteiger partial charge in [-0.2, -0.15) is 0 Å². The number of esters is 1. The van der Waals surface area contributed by atoms with E-state index in [1.807, 2.05) is 109 Å². The minimum absolute atomic E-state index is 0.184. The molecule has 1 atom stereocenters. The van der Waals surface area contributed by atoms with E-state index in [9.17, 15) is 9.59 Å². The van der Waals surface area contributed by atoms with E-state index in [1.165, 1.54) is 11.3 Å². The number of rotatable bonds is 9. The van der Waals surface area contributed by atoms with Crippen LogP contribution in [0.1, 0.15) is 35.2 Å². The lowest BCUT2D eigenvalue weighted by Crippen LogP contribution is -2.40. The maximum Gasteiger partial charge on any atom is 0.338 e. The summed E-state index contributed by atoms with van der Waals surface area (Å²) >= 11 is 7.25. The predicted octanol–water partition coefficient (Wildman–Crippen LogP) is 6.18. The number of methoxy groups -OCH3 is 1. The highest BCUT2D eigenvalue weighted by atomic mass is 35.5. The van der Waals surface area contributed by atoms with Crippen LogP contribution >= 0.6 is 22.9 Å². The van der Waals surface area contributed by atoms with Crippen LogP contribution < -0.4 is 24.4 Å². The molecular weight excluding hydrogens is 608 g/mol. The molecule has 5 aromatic rings. The van der Waals surface area contributed by atoms with Crippen molar-refractivity contribution in [2.45, 2.75) is 19.6 Å². The van der Waals surface area contributed by atoms with Gasteiger partial charge in [0, 0.05) is 10.6 Å². The standard InChI is InChI=1S/C36H29ClN2O5S/c1-3-43-35(41)31-32(25-7-5-4-6-8-25)38-36-39(33(31)26-13-19-28(42-2)20-14-26)34(40)30(45-36)21-23-11-17-29(18-12-23)44-22-24-9-15-27(37)16-10-24/h4-21,33H,3,22H2,1-2H3/b30-21-. The van der Waals surface area contributed by atoms with Gasteiger partial charge in [0.25, 0.3) is 5.56 Å². The van der Waals surface area contributed by atoms with E-state index in [4.69, 9.17) is 30.8 Å². The molecule has 6 rings (SSSR count). The van der Waals surface area contributed by atoms with Crippen molar-refractivity contribution in [2.24, 2.45) is 4.99 Å². The molecule has 2 heterocycles. The molecule has 0 saturated carbocycles. The molecule has 226 valence electrons. The van der Waals surface area contributed by atoms with Crippen molar-refractivity contribution in [1.82, 2.24) is 4.57 Å². The summed E-state index contributed by atoms with van der Waals surface area (Å²) in [5.41, 5.74) is 3.85. The first-order chi connectivity index (χ1) is 21.9. The summed E-state index contributed by atoms with van der Waals surface area (Å²) in [7, 11) is 1.59. The Morgan fingerprint density at radius 1 is 0.933 bits per heavy atom. The molecule has 0 radical (unpaired) electrons. The number of hydrogen-bond donors (Lipinski definition) is 0. The first-order valence-corrected chi connectivity index (χ1v) is 15.5. The number of hydrogen-bond acceptors (Lipinski definition) is 7. The van der Waals surface area contributed by atoms with E-state index in [0.717, 1.165) is 22.3 Å². The van der Waals surface area contributed by atoms with Crippen molar-refractivity contribution in [3.63, 3.8) is 0 Å². The van der Waals surface area contributed by atoms with Gasteiger partial charge in [0.1, 0.15) is 18.1 Å². The van der Waals surface area contributed by atoms with E-state index in [1.54, 1.807) is 18.6 Å². The first-order valence-electron chi connectivity index (χ1n) is 14.3. The normalized spacial score (nSPS) is 14.5. The fraction of sp³-hybridized carbons (Fsp3) is 0.139. The fourth-order valence-corrected chi connectivity index (χ4v) is 6.23. The summed E-state index contributed by atoms with van der Waals surface area (Å²) in [5, 5.41) is 0.678. The van der Waals surface area contributed by atoms with Crippen LogP contribution in [0.4, 0.5) is 0 Å². The summed E-state index contributed by atoms with van der Waals surface area (Å²) in [6.07, 6.45) is 1.83. The Hall–Kier alpha value is -4.92. The van der Waals surface area contributed by atoms with Gasteiger partial charge in [-0.3, -0.25) is 9.36 Å². The topological polar surface area (TPSA) is 79.1 Å². The number of halogens is 1. The Morgan fingerprint density at radius 2 is 1.62 bits per heavy atom. The molecule has 1 aliphatic rings. The van der Waals surface area contributed by atoms with Crippen molar-refractivity contribution < 1.29 is 19.0 Å². The lowest BCUT2D eigenvalue weighted by molar-refractivity contribution is -0.138. The number of aromatic nitrogens is 1. The highest BCUT2D eigenvalue weighted by molar-refractivity contribution is 7.07. The molecule has 0 fully saturated rings. The summed E-state index contributed by atoms with van der Waals surface area (Å²) in [4.78, 5) is 33.1. The molecule has 0 aliphatic carbocycles. The smallest absolute Gasteiger partial charge is 0.338 e. The number of nitrogens with zero attached hydrogens (tertiary/aromatic N) is 2. The number of ether oxygens (including phenoxy) is 3. The minimum Gasteiger partial charge on any atom is -0.497 e. The number of carbonyl (C=O) groups is 1. The Bertz CT molecular complexity index is 2030. The minimum atomic E-state index is -0.757. The van der Waals surface area contributed by atoms with Crippen LogP contribution in [0.3, 0.4) is 0 Å². The van der Waals surface area contributed by atoms with E-state index in [2.05, 4.69) is 0 Å². The largest absolute Gasteiger partial charge is 0.497 e. The Balaban J connectivity index is 1.43. The Labute approximate surface area is 268 Å². The van der Waals surface area contributed by atoms with Crippen LogP contribution in [0.15, 0.2) is 118 Å². The van der Waals surface area contributed by atoms with Gasteiger partial charge in [0.05, 0.1) is 35.6 Å². The highest BCUT2D eigenvalue weighted by Crippen LogP contribution is 2.35. The van der Waals surface area contributed by atoms with Crippen LogP contribution in [-0.2, 0) is 16.1 Å². The summed E-state index contributed by atoms with van der Waals surface area (Å²) in [5.74, 6) is 0.843. The molecule has 45 heavy (non-hydrogen) atoms. The Morgan fingerprint density at radius 3 is 2.29 bits per heavy atom. The lowest BCUT2D eigenvalue weighted by atomic mass is 9.93. The Kier molecular flexibility index (Phi) is 8.96. The number of benzene rings is 4. The SMILES string of the molecule is CCOC(=O)C1=C(c2ccccc2)N=c2s/c(=C\c3ccc(OCc4ccc(Cl)cc4)cc3)c(=O)n2C1c1ccc(OC)cc1. The van der Waals surface area contributed by atoms with Gasteiger partial charge >= 0.3 is 5.97 Å². The molecule has 1 aromatic heterocycles. The van der Waals surface area contributed by atoms with Crippen molar-refractivity contribution in [3.8, 4) is 11.5 Å². The number of fused-ring (bicyclic) bond motifs is 1. The molecule has 0 spiro atoms. The van der Waals surface area contributed by atoms with Crippen molar-refractivity contribution >= 4 is 40.7 Å². The predicted molar refractivity (Wildman–Crippen MR) is 176 cm³/mol. The molecule has 9 heteroatoms. The van der Waals surface area contributed by atoms with E-state index in [0.29, 0.717) is 43.7 Å². The van der Waals surface area contributed by atoms with E-state index >= 15 is 0 Å². The molecule has 0 saturated heterocycles. The molecule has 1 unspecified atom stereocenters. The lowest BCUT2D eigenvalue weighted by Gasteiger charge is -2.26. The maximum atomic E-state index is 14.1. The second-order valence-electron chi connectivity index (χ2n) is 10.2. The van der Waals surface area contributed by atoms with E-state index < -0.39 is 12.0 Å². The van der Waals surface area contributed by atoms with Gasteiger partial charge in [-0.15, -0.1) is 0 Å². The van der Waals surface area contributed by atoms with Gasteiger partial charge < -0.3 is 14.2 Å².